The van der Waals surface area contributed by atoms with Crippen LogP contribution < -0.4 is 20.1 Å². The lowest BCUT2D eigenvalue weighted by Gasteiger charge is -2.14. The molecule has 0 aliphatic rings. The Morgan fingerprint density at radius 2 is 1.69 bits per heavy atom. The van der Waals surface area contributed by atoms with Crippen molar-refractivity contribution < 1.29 is 18.3 Å². The Labute approximate surface area is 152 Å². The van der Waals surface area contributed by atoms with E-state index < -0.39 is 11.6 Å². The van der Waals surface area contributed by atoms with Crippen LogP contribution in [0.2, 0.25) is 0 Å². The van der Waals surface area contributed by atoms with Crippen molar-refractivity contribution in [3.8, 4) is 11.5 Å². The SMILES string of the molecule is CN=C(NCCc1c(F)cccc1F)NCc1ccc(OC)c(OC)c1. The molecule has 0 radical (unpaired) electrons. The van der Waals surface area contributed by atoms with Gasteiger partial charge in [-0.05, 0) is 36.2 Å². The van der Waals surface area contributed by atoms with Crippen molar-refractivity contribution in [2.24, 2.45) is 4.99 Å². The highest BCUT2D eigenvalue weighted by atomic mass is 19.1. The zero-order valence-corrected chi connectivity index (χ0v) is 15.1. The third-order valence-corrected chi connectivity index (χ3v) is 3.86. The molecule has 0 amide bonds. The molecule has 0 heterocycles. The third-order valence-electron chi connectivity index (χ3n) is 3.86. The van der Waals surface area contributed by atoms with Crippen LogP contribution in [0, 0.1) is 11.6 Å². The van der Waals surface area contributed by atoms with E-state index in [1.807, 2.05) is 18.2 Å². The minimum atomic E-state index is -0.542. The van der Waals surface area contributed by atoms with Crippen LogP contribution in [0.15, 0.2) is 41.4 Å². The molecule has 0 bridgehead atoms. The van der Waals surface area contributed by atoms with Crippen LogP contribution in [0.1, 0.15) is 11.1 Å². The van der Waals surface area contributed by atoms with Gasteiger partial charge in [-0.2, -0.15) is 0 Å². The molecular formula is C19H23F2N3O2. The first kappa shape index (κ1) is 19.5. The monoisotopic (exact) mass is 363 g/mol. The van der Waals surface area contributed by atoms with E-state index in [2.05, 4.69) is 15.6 Å². The predicted octanol–water partition coefficient (Wildman–Crippen LogP) is 2.89. The minimum absolute atomic E-state index is 0.0651. The van der Waals surface area contributed by atoms with E-state index >= 15 is 0 Å². The van der Waals surface area contributed by atoms with Crippen molar-refractivity contribution in [1.29, 1.82) is 0 Å². The molecule has 0 spiro atoms. The van der Waals surface area contributed by atoms with E-state index in [9.17, 15) is 8.78 Å². The van der Waals surface area contributed by atoms with Gasteiger partial charge in [0.05, 0.1) is 14.2 Å². The summed E-state index contributed by atoms with van der Waals surface area (Å²) in [5.74, 6) is 0.757. The van der Waals surface area contributed by atoms with E-state index in [-0.39, 0.29) is 12.0 Å². The summed E-state index contributed by atoms with van der Waals surface area (Å²) in [5.41, 5.74) is 1.04. The Balaban J connectivity index is 1.88. The fourth-order valence-corrected chi connectivity index (χ4v) is 2.47. The quantitative estimate of drug-likeness (QED) is 0.587. The van der Waals surface area contributed by atoms with Gasteiger partial charge in [0.15, 0.2) is 17.5 Å². The molecule has 0 atom stereocenters. The van der Waals surface area contributed by atoms with Gasteiger partial charge >= 0.3 is 0 Å². The molecule has 7 heteroatoms. The van der Waals surface area contributed by atoms with Crippen LogP contribution in [0.25, 0.3) is 0 Å². The second-order valence-corrected chi connectivity index (χ2v) is 5.49. The summed E-state index contributed by atoms with van der Waals surface area (Å²) in [6.45, 7) is 0.859. The zero-order chi connectivity index (χ0) is 18.9. The van der Waals surface area contributed by atoms with Gasteiger partial charge in [0.25, 0.3) is 0 Å². The number of hydrogen-bond donors (Lipinski definition) is 2. The Morgan fingerprint density at radius 3 is 2.31 bits per heavy atom. The Morgan fingerprint density at radius 1 is 1.00 bits per heavy atom. The maximum atomic E-state index is 13.6. The number of guanidine groups is 1. The highest BCUT2D eigenvalue weighted by Gasteiger charge is 2.09. The maximum Gasteiger partial charge on any atom is 0.191 e. The van der Waals surface area contributed by atoms with Gasteiger partial charge < -0.3 is 20.1 Å². The average Bonchev–Trinajstić information content (AvgIpc) is 2.66. The van der Waals surface area contributed by atoms with Gasteiger partial charge in [-0.25, -0.2) is 8.78 Å². The van der Waals surface area contributed by atoms with Crippen molar-refractivity contribution in [2.75, 3.05) is 27.8 Å². The molecule has 2 rings (SSSR count). The topological polar surface area (TPSA) is 54.9 Å². The first-order valence-electron chi connectivity index (χ1n) is 8.17. The van der Waals surface area contributed by atoms with Crippen molar-refractivity contribution in [3.63, 3.8) is 0 Å². The fourth-order valence-electron chi connectivity index (χ4n) is 2.47. The number of nitrogens with one attached hydrogen (secondary N) is 2. The van der Waals surface area contributed by atoms with Crippen LogP contribution in [-0.4, -0.2) is 33.8 Å². The molecule has 0 saturated carbocycles. The van der Waals surface area contributed by atoms with Crippen molar-refractivity contribution >= 4 is 5.96 Å². The summed E-state index contributed by atoms with van der Waals surface area (Å²) >= 11 is 0. The highest BCUT2D eigenvalue weighted by Crippen LogP contribution is 2.27. The lowest BCUT2D eigenvalue weighted by Crippen LogP contribution is -2.38. The molecule has 2 aromatic carbocycles. The summed E-state index contributed by atoms with van der Waals surface area (Å²) in [4.78, 5) is 4.11. The molecule has 140 valence electrons. The van der Waals surface area contributed by atoms with Crippen LogP contribution in [0.5, 0.6) is 11.5 Å². The largest absolute Gasteiger partial charge is 0.493 e. The second kappa shape index (κ2) is 9.60. The summed E-state index contributed by atoms with van der Waals surface area (Å²) in [6.07, 6.45) is 0.218. The smallest absolute Gasteiger partial charge is 0.191 e. The van der Waals surface area contributed by atoms with E-state index in [0.29, 0.717) is 30.5 Å². The van der Waals surface area contributed by atoms with Crippen LogP contribution in [0.4, 0.5) is 8.78 Å². The van der Waals surface area contributed by atoms with Gasteiger partial charge in [-0.3, -0.25) is 4.99 Å². The van der Waals surface area contributed by atoms with Crippen molar-refractivity contribution in [2.45, 2.75) is 13.0 Å². The summed E-state index contributed by atoms with van der Waals surface area (Å²) < 4.78 is 37.7. The molecule has 0 saturated heterocycles. The second-order valence-electron chi connectivity index (χ2n) is 5.49. The molecular weight excluding hydrogens is 340 g/mol. The number of ether oxygens (including phenoxy) is 2. The molecule has 0 aliphatic carbocycles. The first-order chi connectivity index (χ1) is 12.6. The number of aliphatic imine (C=N–C) groups is 1. The standard InChI is InChI=1S/C19H23F2N3O2/c1-22-19(23-10-9-14-15(20)5-4-6-16(14)21)24-12-13-7-8-17(25-2)18(11-13)26-3/h4-8,11H,9-10,12H2,1-3H3,(H2,22,23,24). The number of methoxy groups -OCH3 is 2. The Kier molecular flexibility index (Phi) is 7.20. The lowest BCUT2D eigenvalue weighted by molar-refractivity contribution is 0.354. The Bertz CT molecular complexity index is 746. The van der Waals surface area contributed by atoms with Gasteiger partial charge in [0, 0.05) is 25.7 Å². The number of benzene rings is 2. The fraction of sp³-hybridized carbons (Fsp3) is 0.316. The maximum absolute atomic E-state index is 13.6. The van der Waals surface area contributed by atoms with Crippen LogP contribution in [-0.2, 0) is 13.0 Å². The van der Waals surface area contributed by atoms with Crippen LogP contribution >= 0.6 is 0 Å². The van der Waals surface area contributed by atoms with E-state index in [0.717, 1.165) is 5.56 Å². The molecule has 2 aromatic rings. The number of hydrogen-bond acceptors (Lipinski definition) is 3. The normalized spacial score (nSPS) is 11.2. The third kappa shape index (κ3) is 5.08. The number of nitrogens with zero attached hydrogens (tertiary/aromatic N) is 1. The van der Waals surface area contributed by atoms with Gasteiger partial charge in [-0.15, -0.1) is 0 Å². The molecule has 0 aliphatic heterocycles. The minimum Gasteiger partial charge on any atom is -0.493 e. The Hall–Kier alpha value is -2.83. The number of rotatable bonds is 7. The number of halogens is 2. The zero-order valence-electron chi connectivity index (χ0n) is 15.1. The summed E-state index contributed by atoms with van der Waals surface area (Å²) in [7, 11) is 4.80. The van der Waals surface area contributed by atoms with E-state index in [1.54, 1.807) is 21.3 Å². The summed E-state index contributed by atoms with van der Waals surface area (Å²) in [5, 5.41) is 6.19. The lowest BCUT2D eigenvalue weighted by atomic mass is 10.1. The molecule has 0 fully saturated rings. The summed E-state index contributed by atoms with van der Waals surface area (Å²) in [6, 6.07) is 9.47. The molecule has 5 nitrogen and oxygen atoms in total. The van der Waals surface area contributed by atoms with E-state index in [1.165, 1.54) is 18.2 Å². The molecule has 26 heavy (non-hydrogen) atoms. The molecule has 0 aromatic heterocycles. The van der Waals surface area contributed by atoms with Crippen molar-refractivity contribution in [3.05, 3.63) is 59.2 Å². The van der Waals surface area contributed by atoms with Gasteiger partial charge in [0.1, 0.15) is 11.6 Å². The van der Waals surface area contributed by atoms with Gasteiger partial charge in [-0.1, -0.05) is 12.1 Å². The first-order valence-corrected chi connectivity index (χ1v) is 8.17. The predicted molar refractivity (Wildman–Crippen MR) is 97.8 cm³/mol. The van der Waals surface area contributed by atoms with Crippen LogP contribution in [0.3, 0.4) is 0 Å². The van der Waals surface area contributed by atoms with E-state index in [4.69, 9.17) is 9.47 Å². The van der Waals surface area contributed by atoms with Gasteiger partial charge in [0.2, 0.25) is 0 Å². The highest BCUT2D eigenvalue weighted by molar-refractivity contribution is 5.79. The molecule has 0 unspecified atom stereocenters. The molecule has 2 N–H and O–H groups in total. The van der Waals surface area contributed by atoms with Crippen molar-refractivity contribution in [1.82, 2.24) is 10.6 Å². The average molecular weight is 363 g/mol.